The Labute approximate surface area is 168 Å². The molecule has 1 amide bonds. The van der Waals surface area contributed by atoms with Crippen molar-refractivity contribution in [2.24, 2.45) is 5.92 Å². The molecule has 1 aromatic carbocycles. The predicted molar refractivity (Wildman–Crippen MR) is 113 cm³/mol. The molecule has 6 nitrogen and oxygen atoms in total. The molecule has 1 aliphatic heterocycles. The van der Waals surface area contributed by atoms with Gasteiger partial charge in [-0.3, -0.25) is 4.79 Å². The van der Waals surface area contributed by atoms with Crippen LogP contribution in [0.4, 0.5) is 5.82 Å². The van der Waals surface area contributed by atoms with Crippen LogP contribution < -0.4 is 10.2 Å². The van der Waals surface area contributed by atoms with Gasteiger partial charge in [0.2, 0.25) is 5.91 Å². The van der Waals surface area contributed by atoms with E-state index in [9.17, 15) is 4.79 Å². The Kier molecular flexibility index (Phi) is 7.37. The molecule has 0 bridgehead atoms. The molecule has 6 heteroatoms. The lowest BCUT2D eigenvalue weighted by atomic mass is 10.1. The van der Waals surface area contributed by atoms with E-state index in [2.05, 4.69) is 34.3 Å². The monoisotopic (exact) mass is 381 g/mol. The molecule has 1 saturated heterocycles. The van der Waals surface area contributed by atoms with Gasteiger partial charge in [-0.25, -0.2) is 0 Å². The summed E-state index contributed by atoms with van der Waals surface area (Å²) in [5.41, 5.74) is 1.95. The zero-order valence-corrected chi connectivity index (χ0v) is 17.0. The van der Waals surface area contributed by atoms with Crippen LogP contribution >= 0.6 is 0 Å². The number of benzene rings is 1. The van der Waals surface area contributed by atoms with Crippen LogP contribution in [0, 0.1) is 5.92 Å². The molecule has 1 unspecified atom stereocenters. The third-order valence-corrected chi connectivity index (χ3v) is 5.36. The van der Waals surface area contributed by atoms with Crippen LogP contribution in [0.25, 0.3) is 11.3 Å². The zero-order valence-electron chi connectivity index (χ0n) is 17.0. The smallest absolute Gasteiger partial charge is 0.236 e. The van der Waals surface area contributed by atoms with Crippen LogP contribution in [0.5, 0.6) is 0 Å². The van der Waals surface area contributed by atoms with E-state index in [-0.39, 0.29) is 5.91 Å². The predicted octanol–water partition coefficient (Wildman–Crippen LogP) is 2.82. The minimum Gasteiger partial charge on any atom is -0.353 e. The molecule has 0 radical (unpaired) electrons. The third-order valence-electron chi connectivity index (χ3n) is 5.36. The van der Waals surface area contributed by atoms with Gasteiger partial charge in [-0.05, 0) is 31.0 Å². The van der Waals surface area contributed by atoms with E-state index in [1.165, 1.54) is 0 Å². The summed E-state index contributed by atoms with van der Waals surface area (Å²) < 4.78 is 0. The molecule has 2 aromatic rings. The number of carbonyl (C=O) groups is 1. The van der Waals surface area contributed by atoms with Crippen molar-refractivity contribution in [3.05, 3.63) is 42.5 Å². The third kappa shape index (κ3) is 5.52. The van der Waals surface area contributed by atoms with Gasteiger partial charge in [0.15, 0.2) is 5.82 Å². The fraction of sp³-hybridized carbons (Fsp3) is 0.500. The number of rotatable bonds is 7. The molecule has 0 aliphatic carbocycles. The molecule has 0 saturated carbocycles. The van der Waals surface area contributed by atoms with Crippen LogP contribution in [0.2, 0.25) is 0 Å². The second-order valence-corrected chi connectivity index (χ2v) is 7.51. The van der Waals surface area contributed by atoms with E-state index in [1.54, 1.807) is 0 Å². The second kappa shape index (κ2) is 10.2. The van der Waals surface area contributed by atoms with Gasteiger partial charge in [0.25, 0.3) is 0 Å². The van der Waals surface area contributed by atoms with Gasteiger partial charge >= 0.3 is 0 Å². The molecule has 2 heterocycles. The highest BCUT2D eigenvalue weighted by atomic mass is 16.2. The minimum atomic E-state index is 0.190. The molecule has 28 heavy (non-hydrogen) atoms. The number of hydrogen-bond acceptors (Lipinski definition) is 5. The van der Waals surface area contributed by atoms with E-state index >= 15 is 0 Å². The van der Waals surface area contributed by atoms with E-state index in [0.29, 0.717) is 12.5 Å². The number of anilines is 1. The summed E-state index contributed by atoms with van der Waals surface area (Å²) in [6, 6.07) is 14.1. The second-order valence-electron chi connectivity index (χ2n) is 7.51. The van der Waals surface area contributed by atoms with Gasteiger partial charge in [-0.1, -0.05) is 50.6 Å². The largest absolute Gasteiger partial charge is 0.353 e. The summed E-state index contributed by atoms with van der Waals surface area (Å²) in [6.07, 6.45) is 2.07. The van der Waals surface area contributed by atoms with Crippen LogP contribution in [-0.4, -0.2) is 60.3 Å². The number of nitrogens with one attached hydrogen (secondary N) is 1. The van der Waals surface area contributed by atoms with Crippen molar-refractivity contribution in [1.29, 1.82) is 0 Å². The first-order valence-corrected chi connectivity index (χ1v) is 10.3. The summed E-state index contributed by atoms with van der Waals surface area (Å²) in [5, 5.41) is 12.1. The fourth-order valence-electron chi connectivity index (χ4n) is 3.33. The van der Waals surface area contributed by atoms with E-state index < -0.39 is 0 Å². The summed E-state index contributed by atoms with van der Waals surface area (Å²) in [7, 11) is 0. The first kappa shape index (κ1) is 20.3. The molecule has 1 atom stereocenters. The Morgan fingerprint density at radius 1 is 1.07 bits per heavy atom. The molecule has 1 aromatic heterocycles. The number of amides is 1. The number of aromatic nitrogens is 2. The Hall–Kier alpha value is -2.47. The first-order chi connectivity index (χ1) is 13.7. The number of carbonyl (C=O) groups excluding carboxylic acids is 1. The lowest BCUT2D eigenvalue weighted by Crippen LogP contribution is -2.41. The minimum absolute atomic E-state index is 0.190. The van der Waals surface area contributed by atoms with Crippen molar-refractivity contribution in [2.75, 3.05) is 44.2 Å². The van der Waals surface area contributed by atoms with Crippen molar-refractivity contribution >= 4 is 11.7 Å². The van der Waals surface area contributed by atoms with Crippen LogP contribution in [-0.2, 0) is 4.79 Å². The molecule has 0 spiro atoms. The van der Waals surface area contributed by atoms with Gasteiger partial charge in [-0.2, -0.15) is 0 Å². The molecule has 1 aliphatic rings. The fourth-order valence-corrected chi connectivity index (χ4v) is 3.33. The van der Waals surface area contributed by atoms with Gasteiger partial charge < -0.3 is 15.1 Å². The molecule has 1 fully saturated rings. The van der Waals surface area contributed by atoms with Gasteiger partial charge in [-0.15, -0.1) is 10.2 Å². The molecule has 3 rings (SSSR count). The van der Waals surface area contributed by atoms with E-state index in [1.807, 2.05) is 47.4 Å². The summed E-state index contributed by atoms with van der Waals surface area (Å²) in [6.45, 7) is 8.90. The lowest BCUT2D eigenvalue weighted by molar-refractivity contribution is -0.130. The Balaban J connectivity index is 1.53. The highest BCUT2D eigenvalue weighted by Crippen LogP contribution is 2.19. The SMILES string of the molecule is CCC(C)CNCC(=O)N1CCCN(c2ccc(-c3ccccc3)nn2)CC1. The van der Waals surface area contributed by atoms with Crippen LogP contribution in [0.15, 0.2) is 42.5 Å². The normalized spacial score (nSPS) is 15.9. The van der Waals surface area contributed by atoms with Crippen molar-refractivity contribution in [1.82, 2.24) is 20.4 Å². The highest BCUT2D eigenvalue weighted by molar-refractivity contribution is 5.78. The molecular weight excluding hydrogens is 350 g/mol. The summed E-state index contributed by atoms with van der Waals surface area (Å²) >= 11 is 0. The standard InChI is InChI=1S/C22H31N5O/c1-3-18(2)16-23-17-22(28)27-13-7-12-26(14-15-27)21-11-10-20(24-25-21)19-8-5-4-6-9-19/h4-6,8-11,18,23H,3,7,12-17H2,1-2H3. The van der Waals surface area contributed by atoms with Crippen molar-refractivity contribution in [3.8, 4) is 11.3 Å². The Morgan fingerprint density at radius 3 is 2.61 bits per heavy atom. The zero-order chi connectivity index (χ0) is 19.8. The number of hydrogen-bond donors (Lipinski definition) is 1. The van der Waals surface area contributed by atoms with Gasteiger partial charge in [0, 0.05) is 31.7 Å². The lowest BCUT2D eigenvalue weighted by Gasteiger charge is -2.23. The van der Waals surface area contributed by atoms with Crippen molar-refractivity contribution in [2.45, 2.75) is 26.7 Å². The van der Waals surface area contributed by atoms with E-state index in [0.717, 1.165) is 62.6 Å². The highest BCUT2D eigenvalue weighted by Gasteiger charge is 2.20. The Morgan fingerprint density at radius 2 is 1.89 bits per heavy atom. The van der Waals surface area contributed by atoms with Crippen LogP contribution in [0.3, 0.4) is 0 Å². The van der Waals surface area contributed by atoms with Gasteiger partial charge in [0.1, 0.15) is 0 Å². The maximum Gasteiger partial charge on any atom is 0.236 e. The average molecular weight is 382 g/mol. The topological polar surface area (TPSA) is 61.4 Å². The first-order valence-electron chi connectivity index (χ1n) is 10.3. The van der Waals surface area contributed by atoms with E-state index in [4.69, 9.17) is 0 Å². The Bertz CT molecular complexity index is 734. The summed E-state index contributed by atoms with van der Waals surface area (Å²) in [5.74, 6) is 1.67. The average Bonchev–Trinajstić information content (AvgIpc) is 3.00. The molecule has 150 valence electrons. The quantitative estimate of drug-likeness (QED) is 0.799. The molecular formula is C22H31N5O. The van der Waals surface area contributed by atoms with Crippen LogP contribution in [0.1, 0.15) is 26.7 Å². The molecule has 1 N–H and O–H groups in total. The number of nitrogens with zero attached hydrogens (tertiary/aromatic N) is 4. The van der Waals surface area contributed by atoms with Gasteiger partial charge in [0.05, 0.1) is 12.2 Å². The maximum absolute atomic E-state index is 12.5. The maximum atomic E-state index is 12.5. The van der Waals surface area contributed by atoms with Crippen molar-refractivity contribution in [3.63, 3.8) is 0 Å². The summed E-state index contributed by atoms with van der Waals surface area (Å²) in [4.78, 5) is 16.7. The van der Waals surface area contributed by atoms with Crippen molar-refractivity contribution < 1.29 is 4.79 Å².